The van der Waals surface area contributed by atoms with Gasteiger partial charge in [-0.05, 0) is 30.4 Å². The summed E-state index contributed by atoms with van der Waals surface area (Å²) in [6, 6.07) is 21.4. The molecular weight excluding hydrogens is 270 g/mol. The Morgan fingerprint density at radius 2 is 1.55 bits per heavy atom. The second-order valence-electron chi connectivity index (χ2n) is 5.72. The molecule has 22 heavy (non-hydrogen) atoms. The molecule has 1 N–H and O–H groups in total. The van der Waals surface area contributed by atoms with Crippen molar-refractivity contribution < 1.29 is 4.84 Å². The lowest BCUT2D eigenvalue weighted by Gasteiger charge is -2.23. The maximum Gasteiger partial charge on any atom is 0.104 e. The quantitative estimate of drug-likeness (QED) is 0.652. The first-order valence-electron chi connectivity index (χ1n) is 8.33. The maximum atomic E-state index is 6.04. The molecule has 2 atom stereocenters. The van der Waals surface area contributed by atoms with Crippen LogP contribution in [0.4, 0.5) is 0 Å². The van der Waals surface area contributed by atoms with E-state index < -0.39 is 0 Å². The van der Waals surface area contributed by atoms with E-state index in [0.717, 1.165) is 25.7 Å². The third kappa shape index (κ3) is 5.28. The zero-order valence-electron chi connectivity index (χ0n) is 13.7. The molecule has 0 spiro atoms. The molecule has 2 aromatic rings. The predicted molar refractivity (Wildman–Crippen MR) is 92.5 cm³/mol. The van der Waals surface area contributed by atoms with Crippen LogP contribution >= 0.6 is 0 Å². The molecule has 118 valence electrons. The Labute approximate surface area is 134 Å². The van der Waals surface area contributed by atoms with Gasteiger partial charge in [0.1, 0.15) is 6.10 Å². The molecule has 0 bridgehead atoms. The zero-order valence-corrected chi connectivity index (χ0v) is 13.7. The van der Waals surface area contributed by atoms with Crippen LogP contribution in [0.5, 0.6) is 0 Å². The van der Waals surface area contributed by atoms with Crippen LogP contribution in [0.3, 0.4) is 0 Å². The van der Waals surface area contributed by atoms with E-state index in [0.29, 0.717) is 6.04 Å². The van der Waals surface area contributed by atoms with Gasteiger partial charge in [0.2, 0.25) is 0 Å². The highest BCUT2D eigenvalue weighted by molar-refractivity contribution is 5.18. The molecule has 0 aromatic heterocycles. The molecule has 0 saturated carbocycles. The molecule has 0 aliphatic heterocycles. The molecule has 0 aliphatic rings. The third-order valence-corrected chi connectivity index (χ3v) is 3.92. The fourth-order valence-electron chi connectivity index (χ4n) is 2.57. The first-order valence-corrected chi connectivity index (χ1v) is 8.33. The highest BCUT2D eigenvalue weighted by atomic mass is 16.7. The van der Waals surface area contributed by atoms with Gasteiger partial charge >= 0.3 is 0 Å². The topological polar surface area (TPSA) is 21.3 Å². The first-order chi connectivity index (χ1) is 10.8. The smallest absolute Gasteiger partial charge is 0.104 e. The van der Waals surface area contributed by atoms with Crippen molar-refractivity contribution in [3.63, 3.8) is 0 Å². The summed E-state index contributed by atoms with van der Waals surface area (Å²) < 4.78 is 0. The van der Waals surface area contributed by atoms with Crippen molar-refractivity contribution >= 4 is 0 Å². The molecule has 0 fully saturated rings. The summed E-state index contributed by atoms with van der Waals surface area (Å²) in [7, 11) is 0. The molecular formula is C20H27NO. The predicted octanol–water partition coefficient (Wildman–Crippen LogP) is 5.07. The molecule has 0 saturated heterocycles. The average Bonchev–Trinajstić information content (AvgIpc) is 2.59. The summed E-state index contributed by atoms with van der Waals surface area (Å²) in [5, 5.41) is 0. The average molecular weight is 297 g/mol. The summed E-state index contributed by atoms with van der Waals surface area (Å²) in [6.07, 6.45) is 4.29. The first kappa shape index (κ1) is 16.7. The summed E-state index contributed by atoms with van der Waals surface area (Å²) in [5.74, 6) is 0. The van der Waals surface area contributed by atoms with E-state index in [4.69, 9.17) is 4.84 Å². The van der Waals surface area contributed by atoms with Gasteiger partial charge in [-0.1, -0.05) is 80.9 Å². The van der Waals surface area contributed by atoms with Crippen LogP contribution in [0.15, 0.2) is 60.7 Å². The van der Waals surface area contributed by atoms with Crippen LogP contribution in [0.1, 0.15) is 50.3 Å². The highest BCUT2D eigenvalue weighted by Gasteiger charge is 2.14. The van der Waals surface area contributed by atoms with E-state index in [9.17, 15) is 0 Å². The Hall–Kier alpha value is -1.64. The SMILES string of the molecule is CCC[C@@H](ON[C@H](CC)Cc1ccccc1)c1ccccc1. The molecule has 2 nitrogen and oxygen atoms in total. The Morgan fingerprint density at radius 1 is 0.909 bits per heavy atom. The second-order valence-corrected chi connectivity index (χ2v) is 5.72. The van der Waals surface area contributed by atoms with Gasteiger partial charge in [0.15, 0.2) is 0 Å². The number of hydrogen-bond acceptors (Lipinski definition) is 2. The number of rotatable bonds is 9. The van der Waals surface area contributed by atoms with E-state index in [2.05, 4.69) is 73.9 Å². The van der Waals surface area contributed by atoms with E-state index in [-0.39, 0.29) is 6.10 Å². The van der Waals surface area contributed by atoms with Gasteiger partial charge < -0.3 is 0 Å². The van der Waals surface area contributed by atoms with Crippen LogP contribution in [-0.2, 0) is 11.3 Å². The minimum atomic E-state index is 0.121. The standard InChI is InChI=1S/C20H27NO/c1-3-11-20(18-14-9-6-10-15-18)22-21-19(4-2)16-17-12-7-5-8-13-17/h5-10,12-15,19-21H,3-4,11,16H2,1-2H3/t19-,20-/m1/s1. The highest BCUT2D eigenvalue weighted by Crippen LogP contribution is 2.22. The Kier molecular flexibility index (Phi) is 7.14. The van der Waals surface area contributed by atoms with Gasteiger partial charge in [-0.3, -0.25) is 4.84 Å². The molecule has 0 aliphatic carbocycles. The Bertz CT molecular complexity index is 512. The maximum absolute atomic E-state index is 6.04. The van der Waals surface area contributed by atoms with E-state index in [1.54, 1.807) is 0 Å². The third-order valence-electron chi connectivity index (χ3n) is 3.92. The summed E-state index contributed by atoms with van der Waals surface area (Å²) in [4.78, 5) is 6.04. The van der Waals surface area contributed by atoms with Crippen molar-refractivity contribution in [3.8, 4) is 0 Å². The van der Waals surface area contributed by atoms with Gasteiger partial charge in [0, 0.05) is 6.04 Å². The molecule has 2 aromatic carbocycles. The molecule has 0 unspecified atom stereocenters. The largest absolute Gasteiger partial charge is 0.293 e. The second kappa shape index (κ2) is 9.39. The number of hydrogen-bond donors (Lipinski definition) is 1. The van der Waals surface area contributed by atoms with Gasteiger partial charge in [-0.2, -0.15) is 5.48 Å². The van der Waals surface area contributed by atoms with Crippen LogP contribution in [-0.4, -0.2) is 6.04 Å². The van der Waals surface area contributed by atoms with Gasteiger partial charge in [-0.15, -0.1) is 0 Å². The van der Waals surface area contributed by atoms with Crippen molar-refractivity contribution in [3.05, 3.63) is 71.8 Å². The number of hydroxylamine groups is 1. The van der Waals surface area contributed by atoms with Crippen molar-refractivity contribution in [1.82, 2.24) is 5.48 Å². The van der Waals surface area contributed by atoms with Crippen molar-refractivity contribution in [2.75, 3.05) is 0 Å². The Morgan fingerprint density at radius 3 is 2.14 bits per heavy atom. The molecule has 0 amide bonds. The van der Waals surface area contributed by atoms with E-state index in [1.807, 2.05) is 6.07 Å². The molecule has 2 rings (SSSR count). The zero-order chi connectivity index (χ0) is 15.6. The van der Waals surface area contributed by atoms with E-state index >= 15 is 0 Å². The molecule has 0 radical (unpaired) electrons. The van der Waals surface area contributed by atoms with Crippen molar-refractivity contribution in [1.29, 1.82) is 0 Å². The van der Waals surface area contributed by atoms with E-state index in [1.165, 1.54) is 11.1 Å². The number of benzene rings is 2. The van der Waals surface area contributed by atoms with Crippen molar-refractivity contribution in [2.45, 2.75) is 51.7 Å². The minimum Gasteiger partial charge on any atom is -0.293 e. The fourth-order valence-corrected chi connectivity index (χ4v) is 2.57. The summed E-state index contributed by atoms with van der Waals surface area (Å²) >= 11 is 0. The monoisotopic (exact) mass is 297 g/mol. The summed E-state index contributed by atoms with van der Waals surface area (Å²) in [5.41, 5.74) is 5.89. The lowest BCUT2D eigenvalue weighted by molar-refractivity contribution is -0.0505. The molecule has 0 heterocycles. The molecule has 2 heteroatoms. The number of nitrogens with one attached hydrogen (secondary N) is 1. The van der Waals surface area contributed by atoms with Crippen LogP contribution in [0.25, 0.3) is 0 Å². The lowest BCUT2D eigenvalue weighted by Crippen LogP contribution is -2.32. The van der Waals surface area contributed by atoms with Crippen LogP contribution in [0.2, 0.25) is 0 Å². The fraction of sp³-hybridized carbons (Fsp3) is 0.400. The van der Waals surface area contributed by atoms with Crippen LogP contribution in [0, 0.1) is 0 Å². The van der Waals surface area contributed by atoms with Gasteiger partial charge in [-0.25, -0.2) is 0 Å². The normalized spacial score (nSPS) is 13.7. The Balaban J connectivity index is 1.92. The van der Waals surface area contributed by atoms with Gasteiger partial charge in [0.25, 0.3) is 0 Å². The summed E-state index contributed by atoms with van der Waals surface area (Å²) in [6.45, 7) is 4.39. The minimum absolute atomic E-state index is 0.121. The lowest BCUT2D eigenvalue weighted by atomic mass is 10.0. The van der Waals surface area contributed by atoms with Crippen LogP contribution < -0.4 is 5.48 Å². The van der Waals surface area contributed by atoms with Gasteiger partial charge in [0.05, 0.1) is 0 Å². The van der Waals surface area contributed by atoms with Crippen molar-refractivity contribution in [2.24, 2.45) is 0 Å².